The van der Waals surface area contributed by atoms with E-state index in [1.54, 1.807) is 7.11 Å². The summed E-state index contributed by atoms with van der Waals surface area (Å²) in [6, 6.07) is 0. The second-order valence-corrected chi connectivity index (χ2v) is 5.72. The lowest BCUT2D eigenvalue weighted by Crippen LogP contribution is -2.40. The molecule has 0 saturated carbocycles. The number of aromatic nitrogens is 2. The van der Waals surface area contributed by atoms with E-state index in [1.165, 1.54) is 5.56 Å². The molecule has 7 nitrogen and oxygen atoms in total. The molecule has 0 bridgehead atoms. The minimum absolute atomic E-state index is 0. The Labute approximate surface area is 161 Å². The first kappa shape index (κ1) is 21.2. The van der Waals surface area contributed by atoms with Crippen molar-refractivity contribution in [3.05, 3.63) is 18.0 Å². The fourth-order valence-electron chi connectivity index (χ4n) is 2.76. The molecule has 1 aliphatic rings. The fraction of sp³-hybridized carbons (Fsp3) is 0.750. The number of nitrogens with zero attached hydrogens (tertiary/aromatic N) is 4. The number of aryl methyl sites for hydroxylation is 1. The van der Waals surface area contributed by atoms with Gasteiger partial charge in [-0.3, -0.25) is 9.67 Å². The smallest absolute Gasteiger partial charge is 0.194 e. The van der Waals surface area contributed by atoms with Gasteiger partial charge in [-0.25, -0.2) is 0 Å². The van der Waals surface area contributed by atoms with Gasteiger partial charge in [-0.15, -0.1) is 24.0 Å². The molecule has 138 valence electrons. The normalized spacial score (nSPS) is 17.9. The molecule has 0 aromatic carbocycles. The van der Waals surface area contributed by atoms with E-state index in [0.717, 1.165) is 32.0 Å². The van der Waals surface area contributed by atoms with E-state index in [0.29, 0.717) is 32.3 Å². The topological polar surface area (TPSA) is 63.9 Å². The Morgan fingerprint density at radius 2 is 2.25 bits per heavy atom. The summed E-state index contributed by atoms with van der Waals surface area (Å²) in [6.07, 6.45) is 5.23. The van der Waals surface area contributed by atoms with Crippen LogP contribution in [0.1, 0.15) is 24.8 Å². The molecule has 24 heavy (non-hydrogen) atoms. The molecule has 0 spiro atoms. The number of hydrogen-bond acceptors (Lipinski definition) is 4. The molecule has 1 atom stereocenters. The van der Waals surface area contributed by atoms with Crippen LogP contribution in [0.4, 0.5) is 0 Å². The van der Waals surface area contributed by atoms with E-state index in [9.17, 15) is 0 Å². The number of aliphatic imine (C=N–C) groups is 1. The van der Waals surface area contributed by atoms with Crippen LogP contribution >= 0.6 is 24.0 Å². The van der Waals surface area contributed by atoms with Gasteiger partial charge in [0.15, 0.2) is 5.96 Å². The summed E-state index contributed by atoms with van der Waals surface area (Å²) in [7, 11) is 3.64. The number of nitrogens with one attached hydrogen (secondary N) is 1. The molecule has 2 heterocycles. The first-order chi connectivity index (χ1) is 11.2. The largest absolute Gasteiger partial charge is 0.382 e. The van der Waals surface area contributed by atoms with Crippen molar-refractivity contribution in [3.63, 3.8) is 0 Å². The Morgan fingerprint density at radius 3 is 2.92 bits per heavy atom. The average molecular weight is 451 g/mol. The number of likely N-dealkylation sites (tertiary alicyclic amines) is 1. The molecule has 1 fully saturated rings. The summed E-state index contributed by atoms with van der Waals surface area (Å²) in [5.74, 6) is 1.51. The Morgan fingerprint density at radius 1 is 1.42 bits per heavy atom. The van der Waals surface area contributed by atoms with Crippen molar-refractivity contribution < 1.29 is 9.47 Å². The molecular formula is C16H30IN5O2. The first-order valence-electron chi connectivity index (χ1n) is 8.33. The number of ether oxygens (including phenoxy) is 2. The zero-order valence-corrected chi connectivity index (χ0v) is 17.2. The number of guanidine groups is 1. The standard InChI is InChI=1S/C16H29N5O2.HI/c1-4-17-16(18-6-8-23-10-9-22-3)21-7-5-14(13-21)15-11-19-20(2)12-15;/h11-12,14H,4-10,13H2,1-3H3,(H,17,18);1H. The Hall–Kier alpha value is -0.870. The molecule has 1 aromatic heterocycles. The Bertz CT molecular complexity index is 495. The molecule has 1 aliphatic heterocycles. The first-order valence-corrected chi connectivity index (χ1v) is 8.33. The summed E-state index contributed by atoms with van der Waals surface area (Å²) in [5, 5.41) is 7.66. The van der Waals surface area contributed by atoms with Gasteiger partial charge in [-0.05, 0) is 18.9 Å². The van der Waals surface area contributed by atoms with Crippen LogP contribution in [0, 0.1) is 0 Å². The van der Waals surface area contributed by atoms with Crippen LogP contribution in [0.25, 0.3) is 0 Å². The van der Waals surface area contributed by atoms with Crippen LogP contribution in [0.3, 0.4) is 0 Å². The van der Waals surface area contributed by atoms with Crippen molar-refractivity contribution in [1.82, 2.24) is 20.0 Å². The van der Waals surface area contributed by atoms with Gasteiger partial charge >= 0.3 is 0 Å². The highest BCUT2D eigenvalue weighted by molar-refractivity contribution is 14.0. The van der Waals surface area contributed by atoms with Gasteiger partial charge in [-0.1, -0.05) is 0 Å². The quantitative estimate of drug-likeness (QED) is 0.281. The van der Waals surface area contributed by atoms with Gasteiger partial charge in [0.05, 0.1) is 32.6 Å². The summed E-state index contributed by atoms with van der Waals surface area (Å²) >= 11 is 0. The number of hydrogen-bond donors (Lipinski definition) is 1. The van der Waals surface area contributed by atoms with Gasteiger partial charge in [0.25, 0.3) is 0 Å². The fourth-order valence-corrected chi connectivity index (χ4v) is 2.76. The lowest BCUT2D eigenvalue weighted by molar-refractivity contribution is 0.0747. The third-order valence-electron chi connectivity index (χ3n) is 3.95. The minimum Gasteiger partial charge on any atom is -0.382 e. The van der Waals surface area contributed by atoms with Crippen LogP contribution in [-0.2, 0) is 16.5 Å². The van der Waals surface area contributed by atoms with Crippen LogP contribution in [0.2, 0.25) is 0 Å². The number of halogens is 1. The zero-order chi connectivity index (χ0) is 16.5. The van der Waals surface area contributed by atoms with E-state index in [4.69, 9.17) is 9.47 Å². The molecule has 1 saturated heterocycles. The molecule has 0 radical (unpaired) electrons. The average Bonchev–Trinajstić information content (AvgIpc) is 3.18. The van der Waals surface area contributed by atoms with Crippen molar-refractivity contribution in [3.8, 4) is 0 Å². The van der Waals surface area contributed by atoms with E-state index < -0.39 is 0 Å². The van der Waals surface area contributed by atoms with E-state index in [-0.39, 0.29) is 24.0 Å². The highest BCUT2D eigenvalue weighted by Gasteiger charge is 2.26. The summed E-state index contributed by atoms with van der Waals surface area (Å²) in [5.41, 5.74) is 1.31. The maximum absolute atomic E-state index is 5.47. The predicted molar refractivity (Wildman–Crippen MR) is 106 cm³/mol. The van der Waals surface area contributed by atoms with Gasteiger partial charge in [-0.2, -0.15) is 5.10 Å². The molecule has 2 rings (SSSR count). The second-order valence-electron chi connectivity index (χ2n) is 5.72. The molecule has 1 aromatic rings. The van der Waals surface area contributed by atoms with E-state index in [2.05, 4.69) is 33.4 Å². The SMILES string of the molecule is CCNC(=NCCOCCOC)N1CCC(c2cnn(C)c2)C1.I. The van der Waals surface area contributed by atoms with Crippen LogP contribution in [0.15, 0.2) is 17.4 Å². The predicted octanol–water partition coefficient (Wildman–Crippen LogP) is 1.46. The Kier molecular flexibility index (Phi) is 10.3. The lowest BCUT2D eigenvalue weighted by Gasteiger charge is -2.21. The minimum atomic E-state index is 0. The van der Waals surface area contributed by atoms with E-state index >= 15 is 0 Å². The van der Waals surface area contributed by atoms with Gasteiger partial charge in [0.1, 0.15) is 0 Å². The van der Waals surface area contributed by atoms with Crippen LogP contribution in [-0.4, -0.2) is 73.7 Å². The number of rotatable bonds is 8. The highest BCUT2D eigenvalue weighted by Crippen LogP contribution is 2.26. The molecule has 0 aliphatic carbocycles. The zero-order valence-electron chi connectivity index (χ0n) is 14.9. The summed E-state index contributed by atoms with van der Waals surface area (Å²) < 4.78 is 12.3. The third kappa shape index (κ3) is 6.56. The third-order valence-corrected chi connectivity index (χ3v) is 3.95. The second kappa shape index (κ2) is 11.6. The van der Waals surface area contributed by atoms with Crippen molar-refractivity contribution in [2.45, 2.75) is 19.3 Å². The van der Waals surface area contributed by atoms with Crippen molar-refractivity contribution >= 4 is 29.9 Å². The van der Waals surface area contributed by atoms with Gasteiger partial charge in [0, 0.05) is 45.9 Å². The van der Waals surface area contributed by atoms with Crippen molar-refractivity contribution in [1.29, 1.82) is 0 Å². The molecule has 8 heteroatoms. The molecular weight excluding hydrogens is 421 g/mol. The van der Waals surface area contributed by atoms with Crippen molar-refractivity contribution in [2.24, 2.45) is 12.0 Å². The number of methoxy groups -OCH3 is 1. The van der Waals surface area contributed by atoms with E-state index in [1.807, 2.05) is 17.9 Å². The van der Waals surface area contributed by atoms with Crippen LogP contribution in [0.5, 0.6) is 0 Å². The lowest BCUT2D eigenvalue weighted by atomic mass is 10.0. The molecule has 1 N–H and O–H groups in total. The molecule has 1 unspecified atom stereocenters. The molecule has 0 amide bonds. The maximum atomic E-state index is 5.47. The van der Waals surface area contributed by atoms with Gasteiger partial charge < -0.3 is 19.7 Å². The Balaban J connectivity index is 0.00000288. The summed E-state index contributed by atoms with van der Waals surface area (Å²) in [4.78, 5) is 7.00. The summed E-state index contributed by atoms with van der Waals surface area (Å²) in [6.45, 7) is 7.52. The van der Waals surface area contributed by atoms with Gasteiger partial charge in [0.2, 0.25) is 0 Å². The van der Waals surface area contributed by atoms with Crippen LogP contribution < -0.4 is 5.32 Å². The van der Waals surface area contributed by atoms with Crippen molar-refractivity contribution in [2.75, 3.05) is 53.1 Å². The monoisotopic (exact) mass is 451 g/mol. The highest BCUT2D eigenvalue weighted by atomic mass is 127. The maximum Gasteiger partial charge on any atom is 0.194 e.